The molecule has 2 aliphatic rings. The zero-order chi connectivity index (χ0) is 9.92. The highest BCUT2D eigenvalue weighted by atomic mass is 19.3. The predicted octanol–water partition coefficient (Wildman–Crippen LogP) is 1.08. The molecule has 76 valence electrons. The summed E-state index contributed by atoms with van der Waals surface area (Å²) in [7, 11) is 0. The number of hydrogen-bond donors (Lipinski definition) is 1. The fourth-order valence-electron chi connectivity index (χ4n) is 2.47. The maximum Gasteiger partial charge on any atom is 0.254 e. The number of fused-ring (bicyclic) bond motifs is 1. The van der Waals surface area contributed by atoms with E-state index in [2.05, 4.69) is 10.1 Å². The molecule has 2 unspecified atom stereocenters. The minimum Gasteiger partial charge on any atom is -0.367 e. The van der Waals surface area contributed by atoms with E-state index >= 15 is 0 Å². The Morgan fingerprint density at radius 2 is 2.07 bits per heavy atom. The van der Waals surface area contributed by atoms with Crippen molar-refractivity contribution in [3.8, 4) is 0 Å². The first kappa shape index (κ1) is 8.14. The first-order valence-electron chi connectivity index (χ1n) is 4.63. The molecule has 0 aliphatic heterocycles. The third kappa shape index (κ3) is 0.908. The van der Waals surface area contributed by atoms with Gasteiger partial charge in [0.2, 0.25) is 5.95 Å². The molecule has 0 saturated heterocycles. The number of alkyl halides is 2. The lowest BCUT2D eigenvalue weighted by Crippen LogP contribution is -2.13. The van der Waals surface area contributed by atoms with E-state index in [0.29, 0.717) is 12.8 Å². The van der Waals surface area contributed by atoms with Crippen LogP contribution in [0, 0.1) is 11.8 Å². The van der Waals surface area contributed by atoms with E-state index in [1.807, 2.05) is 0 Å². The van der Waals surface area contributed by atoms with Gasteiger partial charge in [-0.1, -0.05) is 0 Å². The minimum absolute atomic E-state index is 0.0643. The summed E-state index contributed by atoms with van der Waals surface area (Å²) in [5.41, 5.74) is 5.35. The first-order chi connectivity index (χ1) is 6.59. The van der Waals surface area contributed by atoms with Gasteiger partial charge in [0.15, 0.2) is 0 Å². The summed E-state index contributed by atoms with van der Waals surface area (Å²) in [6.45, 7) is 0. The summed E-state index contributed by atoms with van der Waals surface area (Å²) in [6, 6.07) is 0.0643. The predicted molar refractivity (Wildman–Crippen MR) is 44.6 cm³/mol. The fourth-order valence-corrected chi connectivity index (χ4v) is 2.47. The van der Waals surface area contributed by atoms with Crippen molar-refractivity contribution < 1.29 is 8.78 Å². The van der Waals surface area contributed by atoms with Crippen LogP contribution < -0.4 is 5.73 Å². The van der Waals surface area contributed by atoms with Crippen LogP contribution in [-0.4, -0.2) is 20.7 Å². The average molecular weight is 200 g/mol. The van der Waals surface area contributed by atoms with Gasteiger partial charge in [-0.25, -0.2) is 18.4 Å². The minimum atomic E-state index is -2.41. The molecule has 0 aromatic carbocycles. The smallest absolute Gasteiger partial charge is 0.254 e. The van der Waals surface area contributed by atoms with Gasteiger partial charge in [-0.05, 0) is 12.8 Å². The van der Waals surface area contributed by atoms with Crippen molar-refractivity contribution in [3.05, 3.63) is 6.33 Å². The molecular weight excluding hydrogens is 190 g/mol. The molecule has 0 bridgehead atoms. The van der Waals surface area contributed by atoms with Crippen molar-refractivity contribution in [2.24, 2.45) is 11.8 Å². The Balaban J connectivity index is 1.75. The molecule has 2 atom stereocenters. The second-order valence-electron chi connectivity index (χ2n) is 4.10. The number of hydrogen-bond acceptors (Lipinski definition) is 3. The van der Waals surface area contributed by atoms with Crippen LogP contribution >= 0.6 is 0 Å². The molecule has 2 aliphatic carbocycles. The van der Waals surface area contributed by atoms with Gasteiger partial charge in [0, 0.05) is 11.8 Å². The van der Waals surface area contributed by atoms with Crippen LogP contribution in [0.1, 0.15) is 18.9 Å². The molecule has 6 heteroatoms. The standard InChI is InChI=1S/C8H10F2N4/c9-8(10)5-1-4(2-6(5)8)14-3-12-7(11)13-14/h3-6H,1-2H2,(H2,11,13). The molecule has 3 rings (SSSR count). The molecule has 14 heavy (non-hydrogen) atoms. The van der Waals surface area contributed by atoms with Crippen LogP contribution in [0.4, 0.5) is 14.7 Å². The molecule has 0 amide bonds. The Hall–Kier alpha value is -1.20. The number of halogens is 2. The van der Waals surface area contributed by atoms with E-state index in [9.17, 15) is 8.78 Å². The van der Waals surface area contributed by atoms with E-state index in [4.69, 9.17) is 5.73 Å². The average Bonchev–Trinajstić information content (AvgIpc) is 2.62. The van der Waals surface area contributed by atoms with Gasteiger partial charge in [0.1, 0.15) is 6.33 Å². The quantitative estimate of drug-likeness (QED) is 0.737. The lowest BCUT2D eigenvalue weighted by Gasteiger charge is -2.13. The van der Waals surface area contributed by atoms with Gasteiger partial charge < -0.3 is 5.73 Å². The Kier molecular flexibility index (Phi) is 1.30. The van der Waals surface area contributed by atoms with E-state index < -0.39 is 17.8 Å². The van der Waals surface area contributed by atoms with E-state index in [1.54, 1.807) is 4.68 Å². The van der Waals surface area contributed by atoms with Crippen LogP contribution in [-0.2, 0) is 0 Å². The second-order valence-corrected chi connectivity index (χ2v) is 4.10. The van der Waals surface area contributed by atoms with E-state index in [1.165, 1.54) is 6.33 Å². The van der Waals surface area contributed by atoms with Crippen molar-refractivity contribution in [3.63, 3.8) is 0 Å². The largest absolute Gasteiger partial charge is 0.367 e. The number of nitrogens with zero attached hydrogens (tertiary/aromatic N) is 3. The van der Waals surface area contributed by atoms with Gasteiger partial charge in [-0.15, -0.1) is 5.10 Å². The van der Waals surface area contributed by atoms with Gasteiger partial charge in [-0.2, -0.15) is 0 Å². The van der Waals surface area contributed by atoms with Crippen LogP contribution in [0.2, 0.25) is 0 Å². The Morgan fingerprint density at radius 1 is 1.43 bits per heavy atom. The first-order valence-corrected chi connectivity index (χ1v) is 4.63. The lowest BCUT2D eigenvalue weighted by molar-refractivity contribution is 0.0637. The van der Waals surface area contributed by atoms with Crippen molar-refractivity contribution in [2.45, 2.75) is 24.8 Å². The molecule has 4 nitrogen and oxygen atoms in total. The van der Waals surface area contributed by atoms with Crippen LogP contribution in [0.3, 0.4) is 0 Å². The summed E-state index contributed by atoms with van der Waals surface area (Å²) < 4.78 is 27.3. The Bertz CT molecular complexity index is 361. The number of aromatic nitrogens is 3. The monoisotopic (exact) mass is 200 g/mol. The zero-order valence-corrected chi connectivity index (χ0v) is 7.40. The third-order valence-corrected chi connectivity index (χ3v) is 3.32. The topological polar surface area (TPSA) is 56.7 Å². The highest BCUT2D eigenvalue weighted by Gasteiger charge is 2.71. The molecule has 2 fully saturated rings. The SMILES string of the molecule is Nc1ncn(C2CC3C(C2)C3(F)F)n1. The maximum atomic E-state index is 12.9. The highest BCUT2D eigenvalue weighted by Crippen LogP contribution is 2.66. The summed E-state index contributed by atoms with van der Waals surface area (Å²) in [6.07, 6.45) is 2.52. The summed E-state index contributed by atoms with van der Waals surface area (Å²) >= 11 is 0. The molecular formula is C8H10F2N4. The number of anilines is 1. The van der Waals surface area contributed by atoms with Crippen LogP contribution in [0.25, 0.3) is 0 Å². The Labute approximate surface area is 79.1 Å². The molecule has 0 radical (unpaired) electrons. The van der Waals surface area contributed by atoms with Crippen molar-refractivity contribution in [1.82, 2.24) is 14.8 Å². The zero-order valence-electron chi connectivity index (χ0n) is 7.40. The molecule has 2 N–H and O–H groups in total. The summed E-state index contributed by atoms with van der Waals surface area (Å²) in [5.74, 6) is -3.07. The van der Waals surface area contributed by atoms with Crippen molar-refractivity contribution in [1.29, 1.82) is 0 Å². The van der Waals surface area contributed by atoms with Crippen LogP contribution in [0.5, 0.6) is 0 Å². The summed E-state index contributed by atoms with van der Waals surface area (Å²) in [5, 5.41) is 3.93. The van der Waals surface area contributed by atoms with E-state index in [-0.39, 0.29) is 12.0 Å². The number of rotatable bonds is 1. The normalized spacial score (nSPS) is 38.3. The molecule has 1 aromatic heterocycles. The van der Waals surface area contributed by atoms with Gasteiger partial charge in [0.05, 0.1) is 6.04 Å². The maximum absolute atomic E-state index is 12.9. The number of nitrogens with two attached hydrogens (primary N) is 1. The molecule has 0 spiro atoms. The molecule has 2 saturated carbocycles. The molecule has 1 aromatic rings. The summed E-state index contributed by atoms with van der Waals surface area (Å²) in [4.78, 5) is 3.78. The van der Waals surface area contributed by atoms with Gasteiger partial charge >= 0.3 is 0 Å². The Morgan fingerprint density at radius 3 is 2.57 bits per heavy atom. The van der Waals surface area contributed by atoms with Gasteiger partial charge in [0.25, 0.3) is 5.92 Å². The second kappa shape index (κ2) is 2.24. The van der Waals surface area contributed by atoms with Crippen molar-refractivity contribution >= 4 is 5.95 Å². The number of nitrogen functional groups attached to an aromatic ring is 1. The van der Waals surface area contributed by atoms with E-state index in [0.717, 1.165) is 0 Å². The fraction of sp³-hybridized carbons (Fsp3) is 0.750. The lowest BCUT2D eigenvalue weighted by atomic mass is 10.1. The highest BCUT2D eigenvalue weighted by molar-refractivity contribution is 5.14. The third-order valence-electron chi connectivity index (χ3n) is 3.32. The van der Waals surface area contributed by atoms with Crippen LogP contribution in [0.15, 0.2) is 6.33 Å². The molecule has 1 heterocycles. The van der Waals surface area contributed by atoms with Crippen molar-refractivity contribution in [2.75, 3.05) is 5.73 Å². The van der Waals surface area contributed by atoms with Gasteiger partial charge in [-0.3, -0.25) is 0 Å².